The molecule has 3 aromatic carbocycles. The largest absolute Gasteiger partial charge is 0.456 e. The Labute approximate surface area is 220 Å². The number of para-hydroxylation sites is 1. The van der Waals surface area contributed by atoms with Crippen LogP contribution in [0.25, 0.3) is 10.9 Å². The number of hydrogen-bond donors (Lipinski definition) is 3. The number of aromatic amines is 1. The molecule has 3 N–H and O–H groups in total. The minimum absolute atomic E-state index is 0.0545. The molecule has 10 heteroatoms. The molecule has 0 spiro atoms. The number of fused-ring (bicyclic) bond motifs is 1. The normalized spacial score (nSPS) is 14.1. The molecule has 2 heterocycles. The number of nitrogens with one attached hydrogen (secondary N) is 3. The lowest BCUT2D eigenvalue weighted by molar-refractivity contribution is 0.0699. The third-order valence-electron chi connectivity index (χ3n) is 6.48. The van der Waals surface area contributed by atoms with Crippen molar-refractivity contribution in [2.24, 2.45) is 5.92 Å². The number of ether oxygens (including phenoxy) is 2. The number of anilines is 1. The van der Waals surface area contributed by atoms with Crippen LogP contribution in [0.4, 0.5) is 5.69 Å². The number of H-pyrrole nitrogens is 1. The highest BCUT2D eigenvalue weighted by atomic mass is 32.2. The topological polar surface area (TPSA) is 133 Å². The summed E-state index contributed by atoms with van der Waals surface area (Å²) in [6, 6.07) is 20.0. The summed E-state index contributed by atoms with van der Waals surface area (Å²) in [6.07, 6.45) is 3.64. The molecule has 0 saturated carbocycles. The van der Waals surface area contributed by atoms with Gasteiger partial charge in [0, 0.05) is 36.9 Å². The summed E-state index contributed by atoms with van der Waals surface area (Å²) < 4.78 is 39.7. The van der Waals surface area contributed by atoms with Crippen molar-refractivity contribution in [1.82, 2.24) is 9.71 Å². The second-order valence-electron chi connectivity index (χ2n) is 8.98. The quantitative estimate of drug-likeness (QED) is 0.298. The summed E-state index contributed by atoms with van der Waals surface area (Å²) in [5.74, 6) is 0.306. The number of sulfonamides is 1. The first kappa shape index (κ1) is 25.3. The third kappa shape index (κ3) is 5.49. The average Bonchev–Trinajstić information content (AvgIpc) is 3.42. The maximum atomic E-state index is 13.1. The van der Waals surface area contributed by atoms with Gasteiger partial charge in [0.15, 0.2) is 0 Å². The van der Waals surface area contributed by atoms with Gasteiger partial charge in [-0.1, -0.05) is 18.2 Å². The SMILES string of the molecule is N#Cc1cc(S(=O)(=O)NC(=O)c2ccccc2Oc2cccc3[nH]ccc23)ccc1NCC1CCOCC1. The third-order valence-corrected chi connectivity index (χ3v) is 7.81. The summed E-state index contributed by atoms with van der Waals surface area (Å²) in [4.78, 5) is 16.0. The smallest absolute Gasteiger partial charge is 0.268 e. The Kier molecular flexibility index (Phi) is 7.31. The molecular formula is C28H26N4O5S. The van der Waals surface area contributed by atoms with Gasteiger partial charge < -0.3 is 19.8 Å². The molecule has 0 atom stereocenters. The summed E-state index contributed by atoms with van der Waals surface area (Å²) in [6.45, 7) is 2.09. The molecular weight excluding hydrogens is 504 g/mol. The number of benzene rings is 3. The minimum atomic E-state index is -4.26. The van der Waals surface area contributed by atoms with Crippen LogP contribution in [0.15, 0.2) is 77.8 Å². The number of nitriles is 1. The second kappa shape index (κ2) is 11.0. The summed E-state index contributed by atoms with van der Waals surface area (Å²) in [7, 11) is -4.26. The molecule has 1 saturated heterocycles. The number of carbonyl (C=O) groups is 1. The highest BCUT2D eigenvalue weighted by Crippen LogP contribution is 2.31. The zero-order chi connectivity index (χ0) is 26.5. The molecule has 1 aliphatic heterocycles. The van der Waals surface area contributed by atoms with E-state index >= 15 is 0 Å². The Morgan fingerprint density at radius 3 is 2.66 bits per heavy atom. The Morgan fingerprint density at radius 2 is 1.84 bits per heavy atom. The number of carbonyl (C=O) groups excluding carboxylic acids is 1. The van der Waals surface area contributed by atoms with Gasteiger partial charge in [0.25, 0.3) is 15.9 Å². The van der Waals surface area contributed by atoms with E-state index in [1.54, 1.807) is 36.5 Å². The molecule has 1 aromatic heterocycles. The lowest BCUT2D eigenvalue weighted by atomic mass is 10.0. The van der Waals surface area contributed by atoms with Gasteiger partial charge in [0.1, 0.15) is 17.6 Å². The van der Waals surface area contributed by atoms with Gasteiger partial charge in [-0.25, -0.2) is 13.1 Å². The lowest BCUT2D eigenvalue weighted by Crippen LogP contribution is -2.31. The molecule has 38 heavy (non-hydrogen) atoms. The van der Waals surface area contributed by atoms with Crippen molar-refractivity contribution in [3.8, 4) is 17.6 Å². The van der Waals surface area contributed by atoms with Crippen LogP contribution in [-0.4, -0.2) is 39.1 Å². The van der Waals surface area contributed by atoms with Crippen LogP contribution in [0.1, 0.15) is 28.8 Å². The van der Waals surface area contributed by atoms with Crippen LogP contribution in [0.5, 0.6) is 11.5 Å². The highest BCUT2D eigenvalue weighted by molar-refractivity contribution is 7.90. The van der Waals surface area contributed by atoms with Gasteiger partial charge in [0.05, 0.1) is 21.7 Å². The minimum Gasteiger partial charge on any atom is -0.456 e. The van der Waals surface area contributed by atoms with Crippen LogP contribution in [0.2, 0.25) is 0 Å². The Hall–Kier alpha value is -4.33. The van der Waals surface area contributed by atoms with E-state index in [1.165, 1.54) is 18.2 Å². The van der Waals surface area contributed by atoms with E-state index in [0.29, 0.717) is 37.1 Å². The van der Waals surface area contributed by atoms with E-state index < -0.39 is 15.9 Å². The molecule has 0 unspecified atom stereocenters. The predicted octanol–water partition coefficient (Wildman–Crippen LogP) is 4.79. The van der Waals surface area contributed by atoms with Crippen molar-refractivity contribution in [3.63, 3.8) is 0 Å². The molecule has 1 amide bonds. The number of amides is 1. The first-order valence-corrected chi connectivity index (χ1v) is 13.7. The van der Waals surface area contributed by atoms with Crippen LogP contribution >= 0.6 is 0 Å². The molecule has 0 bridgehead atoms. The van der Waals surface area contributed by atoms with Crippen molar-refractivity contribution in [2.45, 2.75) is 17.7 Å². The second-order valence-corrected chi connectivity index (χ2v) is 10.7. The molecule has 194 valence electrons. The van der Waals surface area contributed by atoms with Crippen LogP contribution < -0.4 is 14.8 Å². The summed E-state index contributed by atoms with van der Waals surface area (Å²) in [5.41, 5.74) is 1.64. The van der Waals surface area contributed by atoms with Crippen molar-refractivity contribution in [1.29, 1.82) is 5.26 Å². The Bertz CT molecular complexity index is 1620. The summed E-state index contributed by atoms with van der Waals surface area (Å²) >= 11 is 0. The molecule has 0 radical (unpaired) electrons. The van der Waals surface area contributed by atoms with E-state index in [2.05, 4.69) is 15.0 Å². The standard InChI is InChI=1S/C28H26N4O5S/c29-17-20-16-21(8-9-24(20)31-18-19-11-14-36-15-12-19)38(34,35)32-28(33)23-4-1-2-6-27(23)37-26-7-3-5-25-22(26)10-13-30-25/h1-10,13,16,19,30-31H,11-12,14-15,18H2,(H,32,33). The van der Waals surface area contributed by atoms with Gasteiger partial charge in [-0.2, -0.15) is 5.26 Å². The average molecular weight is 531 g/mol. The van der Waals surface area contributed by atoms with Crippen molar-refractivity contribution in [2.75, 3.05) is 25.1 Å². The van der Waals surface area contributed by atoms with E-state index in [0.717, 1.165) is 23.7 Å². The fourth-order valence-corrected chi connectivity index (χ4v) is 5.38. The molecule has 9 nitrogen and oxygen atoms in total. The molecule has 0 aliphatic carbocycles. The van der Waals surface area contributed by atoms with Gasteiger partial charge >= 0.3 is 0 Å². The monoisotopic (exact) mass is 530 g/mol. The van der Waals surface area contributed by atoms with Gasteiger partial charge in [-0.05, 0) is 67.3 Å². The van der Waals surface area contributed by atoms with Crippen molar-refractivity contribution >= 4 is 32.5 Å². The van der Waals surface area contributed by atoms with Gasteiger partial charge in [0.2, 0.25) is 0 Å². The van der Waals surface area contributed by atoms with Crippen molar-refractivity contribution < 1.29 is 22.7 Å². The molecule has 4 aromatic rings. The lowest BCUT2D eigenvalue weighted by Gasteiger charge is -2.23. The molecule has 1 fully saturated rings. The predicted molar refractivity (Wildman–Crippen MR) is 143 cm³/mol. The summed E-state index contributed by atoms with van der Waals surface area (Å²) in [5, 5.41) is 13.7. The highest BCUT2D eigenvalue weighted by Gasteiger charge is 2.23. The van der Waals surface area contributed by atoms with Crippen molar-refractivity contribution in [3.05, 3.63) is 84.1 Å². The van der Waals surface area contributed by atoms with E-state index in [4.69, 9.17) is 9.47 Å². The maximum Gasteiger partial charge on any atom is 0.268 e. The van der Waals surface area contributed by atoms with Crippen LogP contribution in [0.3, 0.4) is 0 Å². The van der Waals surface area contributed by atoms with E-state index in [9.17, 15) is 18.5 Å². The molecule has 5 rings (SSSR count). The van der Waals surface area contributed by atoms with E-state index in [-0.39, 0.29) is 21.8 Å². The number of hydrogen-bond acceptors (Lipinski definition) is 7. The first-order chi connectivity index (χ1) is 18.4. The zero-order valence-electron chi connectivity index (χ0n) is 20.4. The number of rotatable bonds is 8. The fourth-order valence-electron chi connectivity index (χ4n) is 4.39. The zero-order valence-corrected chi connectivity index (χ0v) is 21.3. The van der Waals surface area contributed by atoms with Crippen LogP contribution in [-0.2, 0) is 14.8 Å². The van der Waals surface area contributed by atoms with Gasteiger partial charge in [-0.3, -0.25) is 4.79 Å². The fraction of sp³-hybridized carbons (Fsp3) is 0.214. The number of nitrogens with zero attached hydrogens (tertiary/aromatic N) is 1. The maximum absolute atomic E-state index is 13.1. The molecule has 1 aliphatic rings. The van der Waals surface area contributed by atoms with Crippen LogP contribution in [0, 0.1) is 17.2 Å². The first-order valence-electron chi connectivity index (χ1n) is 12.2. The Morgan fingerprint density at radius 1 is 1.05 bits per heavy atom. The number of aromatic nitrogens is 1. The Balaban J connectivity index is 1.33. The van der Waals surface area contributed by atoms with Gasteiger partial charge in [-0.15, -0.1) is 0 Å². The van der Waals surface area contributed by atoms with E-state index in [1.807, 2.05) is 24.3 Å².